The van der Waals surface area contributed by atoms with Crippen LogP contribution in [0, 0.1) is 23.6 Å². The van der Waals surface area contributed by atoms with Gasteiger partial charge < -0.3 is 15.6 Å². The zero-order chi connectivity index (χ0) is 17.9. The molecule has 0 unspecified atom stereocenters. The number of hydrogen-bond acceptors (Lipinski definition) is 3. The molecule has 1 atom stereocenters. The van der Waals surface area contributed by atoms with Gasteiger partial charge in [-0.2, -0.15) is 0 Å². The van der Waals surface area contributed by atoms with Crippen LogP contribution in [0.4, 0.5) is 4.39 Å². The molecule has 24 heavy (non-hydrogen) atoms. The summed E-state index contributed by atoms with van der Waals surface area (Å²) < 4.78 is 19.3. The van der Waals surface area contributed by atoms with Gasteiger partial charge in [-0.05, 0) is 37.0 Å². The van der Waals surface area contributed by atoms with Crippen molar-refractivity contribution in [3.05, 3.63) is 29.6 Å². The number of carboxylic acids is 1. The maximum Gasteiger partial charge on any atom is 0.303 e. The van der Waals surface area contributed by atoms with Crippen LogP contribution in [0.25, 0.3) is 0 Å². The maximum absolute atomic E-state index is 13.7. The number of carboxylic acid groups (broad SMARTS) is 1. The SMILES string of the molecule is C[C@@H](CCC(N)=O)COc1ccc(F)c(C#CCCCC(=O)O)c1. The maximum atomic E-state index is 13.7. The Hall–Kier alpha value is -2.55. The summed E-state index contributed by atoms with van der Waals surface area (Å²) in [6.45, 7) is 2.33. The fraction of sp³-hybridized carbons (Fsp3) is 0.444. The van der Waals surface area contributed by atoms with Crippen LogP contribution in [-0.4, -0.2) is 23.6 Å². The first kappa shape index (κ1) is 19.5. The van der Waals surface area contributed by atoms with Crippen molar-refractivity contribution in [2.45, 2.75) is 39.0 Å². The molecule has 1 aromatic rings. The number of carbonyl (C=O) groups excluding carboxylic acids is 1. The normalized spacial score (nSPS) is 11.2. The summed E-state index contributed by atoms with van der Waals surface area (Å²) in [6, 6.07) is 4.32. The standard InChI is InChI=1S/C18H22FNO4/c1-13(7-10-17(20)21)12-24-15-8-9-16(19)14(11-15)5-3-2-4-6-18(22)23/h8-9,11,13H,2,4,6-7,10,12H2,1H3,(H2,20,21)(H,22,23)/t13-/m0/s1. The zero-order valence-corrected chi connectivity index (χ0v) is 13.7. The quantitative estimate of drug-likeness (QED) is 0.536. The molecule has 0 aliphatic carbocycles. The van der Waals surface area contributed by atoms with Gasteiger partial charge in [0.2, 0.25) is 5.91 Å². The Morgan fingerprint density at radius 3 is 2.79 bits per heavy atom. The van der Waals surface area contributed by atoms with Crippen molar-refractivity contribution in [2.24, 2.45) is 11.7 Å². The summed E-state index contributed by atoms with van der Waals surface area (Å²) in [5, 5.41) is 8.53. The van der Waals surface area contributed by atoms with Crippen LogP contribution in [0.15, 0.2) is 18.2 Å². The Labute approximate surface area is 141 Å². The molecule has 0 saturated carbocycles. The zero-order valence-electron chi connectivity index (χ0n) is 13.7. The first-order valence-corrected chi connectivity index (χ1v) is 7.79. The fourth-order valence-electron chi connectivity index (χ4n) is 1.89. The van der Waals surface area contributed by atoms with Crippen LogP contribution in [0.5, 0.6) is 5.75 Å². The highest BCUT2D eigenvalue weighted by molar-refractivity contribution is 5.73. The first-order valence-electron chi connectivity index (χ1n) is 7.79. The second-order valence-corrected chi connectivity index (χ2v) is 5.61. The number of amides is 1. The fourth-order valence-corrected chi connectivity index (χ4v) is 1.89. The molecule has 6 heteroatoms. The number of carbonyl (C=O) groups is 2. The van der Waals surface area contributed by atoms with Crippen LogP contribution in [0.1, 0.15) is 44.6 Å². The molecular weight excluding hydrogens is 313 g/mol. The van der Waals surface area contributed by atoms with Gasteiger partial charge in [-0.25, -0.2) is 4.39 Å². The molecule has 0 spiro atoms. The third-order valence-electron chi connectivity index (χ3n) is 3.27. The predicted octanol–water partition coefficient (Wildman–Crippen LogP) is 2.71. The van der Waals surface area contributed by atoms with E-state index in [-0.39, 0.29) is 23.8 Å². The Morgan fingerprint density at radius 1 is 1.38 bits per heavy atom. The largest absolute Gasteiger partial charge is 0.493 e. The van der Waals surface area contributed by atoms with E-state index < -0.39 is 11.8 Å². The van der Waals surface area contributed by atoms with Crippen LogP contribution in [0.3, 0.4) is 0 Å². The van der Waals surface area contributed by atoms with Gasteiger partial charge in [0.15, 0.2) is 0 Å². The van der Waals surface area contributed by atoms with E-state index in [4.69, 9.17) is 15.6 Å². The van der Waals surface area contributed by atoms with E-state index in [9.17, 15) is 14.0 Å². The van der Waals surface area contributed by atoms with E-state index in [1.807, 2.05) is 6.92 Å². The molecule has 1 rings (SSSR count). The average Bonchev–Trinajstić information content (AvgIpc) is 2.52. The van der Waals surface area contributed by atoms with Gasteiger partial charge in [0.25, 0.3) is 0 Å². The highest BCUT2D eigenvalue weighted by atomic mass is 19.1. The highest BCUT2D eigenvalue weighted by Gasteiger charge is 2.07. The lowest BCUT2D eigenvalue weighted by atomic mass is 10.1. The number of halogens is 1. The Morgan fingerprint density at radius 2 is 2.12 bits per heavy atom. The van der Waals surface area contributed by atoms with Crippen LogP contribution in [-0.2, 0) is 9.59 Å². The second-order valence-electron chi connectivity index (χ2n) is 5.61. The van der Waals surface area contributed by atoms with Crippen LogP contribution >= 0.6 is 0 Å². The van der Waals surface area contributed by atoms with Gasteiger partial charge in [-0.3, -0.25) is 9.59 Å². The summed E-state index contributed by atoms with van der Waals surface area (Å²) in [5.74, 6) is 4.44. The number of nitrogens with two attached hydrogens (primary N) is 1. The van der Waals surface area contributed by atoms with Gasteiger partial charge in [0, 0.05) is 19.3 Å². The lowest BCUT2D eigenvalue weighted by Gasteiger charge is -2.12. The number of unbranched alkanes of at least 4 members (excludes halogenated alkanes) is 1. The molecule has 130 valence electrons. The molecule has 1 amide bonds. The smallest absolute Gasteiger partial charge is 0.303 e. The van der Waals surface area contributed by atoms with Gasteiger partial charge in [0.1, 0.15) is 11.6 Å². The van der Waals surface area contributed by atoms with Crippen molar-refractivity contribution < 1.29 is 23.8 Å². The van der Waals surface area contributed by atoms with Gasteiger partial charge >= 0.3 is 5.97 Å². The molecular formula is C18H22FNO4. The van der Waals surface area contributed by atoms with E-state index in [0.29, 0.717) is 38.0 Å². The molecule has 0 heterocycles. The third-order valence-corrected chi connectivity index (χ3v) is 3.27. The second kappa shape index (κ2) is 10.3. The van der Waals surface area contributed by atoms with Crippen molar-refractivity contribution >= 4 is 11.9 Å². The van der Waals surface area contributed by atoms with Gasteiger partial charge in [-0.15, -0.1) is 0 Å². The molecule has 5 nitrogen and oxygen atoms in total. The van der Waals surface area contributed by atoms with Gasteiger partial charge in [-0.1, -0.05) is 18.8 Å². The molecule has 0 aromatic heterocycles. The van der Waals surface area contributed by atoms with Crippen molar-refractivity contribution in [2.75, 3.05) is 6.61 Å². The van der Waals surface area contributed by atoms with E-state index >= 15 is 0 Å². The van der Waals surface area contributed by atoms with E-state index in [0.717, 1.165) is 0 Å². The lowest BCUT2D eigenvalue weighted by Crippen LogP contribution is -2.15. The lowest BCUT2D eigenvalue weighted by molar-refractivity contribution is -0.137. The average molecular weight is 335 g/mol. The molecule has 0 bridgehead atoms. The summed E-state index contributed by atoms with van der Waals surface area (Å²) >= 11 is 0. The first-order chi connectivity index (χ1) is 11.4. The van der Waals surface area contributed by atoms with Crippen LogP contribution < -0.4 is 10.5 Å². The summed E-state index contributed by atoms with van der Waals surface area (Å²) in [4.78, 5) is 21.1. The van der Waals surface area contributed by atoms with E-state index in [1.54, 1.807) is 0 Å². The minimum atomic E-state index is -0.871. The monoisotopic (exact) mass is 335 g/mol. The highest BCUT2D eigenvalue weighted by Crippen LogP contribution is 2.18. The Balaban J connectivity index is 2.54. The number of primary amides is 1. The number of hydrogen-bond donors (Lipinski definition) is 2. The minimum absolute atomic E-state index is 0.0451. The van der Waals surface area contributed by atoms with Crippen molar-refractivity contribution in [1.82, 2.24) is 0 Å². The number of rotatable bonds is 9. The van der Waals surface area contributed by atoms with Crippen LogP contribution in [0.2, 0.25) is 0 Å². The third kappa shape index (κ3) is 8.18. The molecule has 0 aliphatic heterocycles. The van der Waals surface area contributed by atoms with Crippen molar-refractivity contribution in [3.63, 3.8) is 0 Å². The predicted molar refractivity (Wildman–Crippen MR) is 87.9 cm³/mol. The van der Waals surface area contributed by atoms with Crippen molar-refractivity contribution in [1.29, 1.82) is 0 Å². The number of aliphatic carboxylic acids is 1. The van der Waals surface area contributed by atoms with Crippen molar-refractivity contribution in [3.8, 4) is 17.6 Å². The summed E-state index contributed by atoms with van der Waals surface area (Å²) in [6.07, 6.45) is 1.80. The summed E-state index contributed by atoms with van der Waals surface area (Å²) in [5.41, 5.74) is 5.32. The molecule has 0 radical (unpaired) electrons. The Bertz CT molecular complexity index is 634. The molecule has 0 fully saturated rings. The molecule has 3 N–H and O–H groups in total. The van der Waals surface area contributed by atoms with E-state index in [2.05, 4.69) is 11.8 Å². The number of ether oxygens (including phenoxy) is 1. The molecule has 0 saturated heterocycles. The molecule has 1 aromatic carbocycles. The molecule has 0 aliphatic rings. The number of benzene rings is 1. The summed E-state index contributed by atoms with van der Waals surface area (Å²) in [7, 11) is 0. The van der Waals surface area contributed by atoms with Gasteiger partial charge in [0.05, 0.1) is 12.2 Å². The minimum Gasteiger partial charge on any atom is -0.493 e. The topological polar surface area (TPSA) is 89.6 Å². The Kier molecular flexibility index (Phi) is 8.34. The van der Waals surface area contributed by atoms with E-state index in [1.165, 1.54) is 18.2 Å².